The van der Waals surface area contributed by atoms with Gasteiger partial charge in [0.1, 0.15) is 12.1 Å². The Bertz CT molecular complexity index is 933. The molecule has 1 saturated carbocycles. The predicted molar refractivity (Wildman–Crippen MR) is 150 cm³/mol. The van der Waals surface area contributed by atoms with E-state index in [-0.39, 0.29) is 55.4 Å². The summed E-state index contributed by atoms with van der Waals surface area (Å²) in [4.78, 5) is 52.0. The van der Waals surface area contributed by atoms with Crippen LogP contribution >= 0.6 is 0 Å². The van der Waals surface area contributed by atoms with Gasteiger partial charge in [0.2, 0.25) is 17.7 Å². The predicted octanol–water partition coefficient (Wildman–Crippen LogP) is 0.936. The van der Waals surface area contributed by atoms with Crippen molar-refractivity contribution in [2.45, 2.75) is 102 Å². The van der Waals surface area contributed by atoms with E-state index in [0.717, 1.165) is 31.2 Å². The smallest absolute Gasteiger partial charge is 0.245 e. The van der Waals surface area contributed by atoms with Gasteiger partial charge >= 0.3 is 0 Å². The number of carbonyl (C=O) groups excluding carboxylic acids is 4. The maximum absolute atomic E-state index is 13.4. The number of nitrogens with one attached hydrogen (secondary N) is 3. The second-order valence-electron chi connectivity index (χ2n) is 11.0. The van der Waals surface area contributed by atoms with E-state index in [4.69, 9.17) is 11.5 Å². The van der Waals surface area contributed by atoms with Crippen LogP contribution in [0.4, 0.5) is 0 Å². The molecular formula is C29H47N5O5. The highest BCUT2D eigenvalue weighted by Gasteiger charge is 2.33. The van der Waals surface area contributed by atoms with Crippen molar-refractivity contribution in [3.05, 3.63) is 35.9 Å². The lowest BCUT2D eigenvalue weighted by Gasteiger charge is -2.29. The number of rotatable bonds is 15. The maximum atomic E-state index is 13.4. The van der Waals surface area contributed by atoms with E-state index in [0.29, 0.717) is 0 Å². The van der Waals surface area contributed by atoms with E-state index in [1.807, 2.05) is 30.3 Å². The Morgan fingerprint density at radius 2 is 1.56 bits per heavy atom. The molecule has 10 heteroatoms. The van der Waals surface area contributed by atoms with Gasteiger partial charge in [0.15, 0.2) is 5.78 Å². The zero-order valence-corrected chi connectivity index (χ0v) is 23.5. The van der Waals surface area contributed by atoms with E-state index in [2.05, 4.69) is 16.0 Å². The van der Waals surface area contributed by atoms with E-state index >= 15 is 0 Å². The summed E-state index contributed by atoms with van der Waals surface area (Å²) in [6.45, 7) is 5.01. The minimum absolute atomic E-state index is 0.0988. The first-order chi connectivity index (χ1) is 18.5. The molecule has 0 aliphatic heterocycles. The molecule has 0 bridgehead atoms. The van der Waals surface area contributed by atoms with Gasteiger partial charge in [-0.1, -0.05) is 63.4 Å². The van der Waals surface area contributed by atoms with Gasteiger partial charge in [-0.25, -0.2) is 0 Å². The molecule has 1 aliphatic rings. The van der Waals surface area contributed by atoms with Gasteiger partial charge in [-0.05, 0) is 44.2 Å². The van der Waals surface area contributed by atoms with Crippen molar-refractivity contribution in [2.75, 3.05) is 6.54 Å². The first kappa shape index (κ1) is 32.4. The zero-order valence-electron chi connectivity index (χ0n) is 23.5. The van der Waals surface area contributed by atoms with E-state index in [1.165, 1.54) is 13.3 Å². The molecule has 0 heterocycles. The minimum atomic E-state index is -1.34. The lowest BCUT2D eigenvalue weighted by molar-refractivity contribution is -0.136. The van der Waals surface area contributed by atoms with Crippen LogP contribution < -0.4 is 27.4 Å². The van der Waals surface area contributed by atoms with Crippen LogP contribution in [0.25, 0.3) is 0 Å². The SMILES string of the molecule is CC(C)C(=O)[C@H](CCN)NC(=O)[C@@H](NC(=O)[C@H](Cc1ccccc1)NC(=O)CC(N)C1CCCCC1)C(C)O. The molecule has 1 aromatic carbocycles. The molecule has 2 unspecified atom stereocenters. The van der Waals surface area contributed by atoms with Crippen molar-refractivity contribution in [1.29, 1.82) is 0 Å². The topological polar surface area (TPSA) is 177 Å². The lowest BCUT2D eigenvalue weighted by Crippen LogP contribution is -2.59. The number of ketones is 1. The van der Waals surface area contributed by atoms with Crippen LogP contribution in [0.5, 0.6) is 0 Å². The van der Waals surface area contributed by atoms with Crippen LogP contribution in [0.2, 0.25) is 0 Å². The average molecular weight is 546 g/mol. The third-order valence-electron chi connectivity index (χ3n) is 7.36. The maximum Gasteiger partial charge on any atom is 0.245 e. The molecule has 218 valence electrons. The second-order valence-corrected chi connectivity index (χ2v) is 11.0. The molecule has 2 rings (SSSR count). The number of carbonyl (C=O) groups is 4. The summed E-state index contributed by atoms with van der Waals surface area (Å²) in [5.74, 6) is -1.89. The summed E-state index contributed by atoms with van der Waals surface area (Å²) >= 11 is 0. The molecule has 0 spiro atoms. The van der Waals surface area contributed by atoms with Crippen molar-refractivity contribution in [3.8, 4) is 0 Å². The lowest BCUT2D eigenvalue weighted by atomic mass is 9.83. The van der Waals surface area contributed by atoms with Crippen molar-refractivity contribution >= 4 is 23.5 Å². The Balaban J connectivity index is 2.14. The minimum Gasteiger partial charge on any atom is -0.391 e. The zero-order chi connectivity index (χ0) is 28.9. The highest BCUT2D eigenvalue weighted by Crippen LogP contribution is 2.26. The van der Waals surface area contributed by atoms with Gasteiger partial charge in [-0.3, -0.25) is 19.2 Å². The number of nitrogens with two attached hydrogens (primary N) is 2. The standard InChI is InChI=1S/C29H47N5O5/c1-18(2)27(37)23(14-15-30)33-29(39)26(19(3)35)34-28(38)24(16-20-10-6-4-7-11-20)32-25(36)17-22(31)21-12-8-5-9-13-21/h4,6-7,10-11,18-19,21-24,26,35H,5,8-9,12-17,30-31H2,1-3H3,(H,32,36)(H,33,39)(H,34,38)/t19?,22?,23-,24-,26-/m0/s1. The van der Waals surface area contributed by atoms with Crippen molar-refractivity contribution in [1.82, 2.24) is 16.0 Å². The first-order valence-corrected chi connectivity index (χ1v) is 14.1. The van der Waals surface area contributed by atoms with Crippen molar-refractivity contribution < 1.29 is 24.3 Å². The molecule has 5 atom stereocenters. The number of hydrogen-bond donors (Lipinski definition) is 6. The molecule has 1 fully saturated rings. The molecule has 10 nitrogen and oxygen atoms in total. The van der Waals surface area contributed by atoms with Crippen LogP contribution in [0.3, 0.4) is 0 Å². The first-order valence-electron chi connectivity index (χ1n) is 14.1. The highest BCUT2D eigenvalue weighted by atomic mass is 16.3. The molecular weight excluding hydrogens is 498 g/mol. The highest BCUT2D eigenvalue weighted by molar-refractivity contribution is 5.95. The van der Waals surface area contributed by atoms with Crippen LogP contribution in [0.1, 0.15) is 71.3 Å². The summed E-state index contributed by atoms with van der Waals surface area (Å²) in [5, 5.41) is 18.4. The van der Waals surface area contributed by atoms with Crippen molar-refractivity contribution in [3.63, 3.8) is 0 Å². The Kier molecular flexibility index (Phi) is 13.6. The number of amides is 3. The number of hydrogen-bond acceptors (Lipinski definition) is 7. The molecule has 1 aliphatic carbocycles. The van der Waals surface area contributed by atoms with E-state index < -0.39 is 36.0 Å². The van der Waals surface area contributed by atoms with Crippen LogP contribution in [0, 0.1) is 11.8 Å². The molecule has 0 saturated heterocycles. The van der Waals surface area contributed by atoms with Crippen LogP contribution in [0.15, 0.2) is 30.3 Å². The van der Waals surface area contributed by atoms with Gasteiger partial charge in [0.05, 0.1) is 12.1 Å². The Hall–Kier alpha value is -2.82. The third-order valence-corrected chi connectivity index (χ3v) is 7.36. The van der Waals surface area contributed by atoms with Gasteiger partial charge in [0.25, 0.3) is 0 Å². The van der Waals surface area contributed by atoms with Crippen LogP contribution in [-0.2, 0) is 25.6 Å². The van der Waals surface area contributed by atoms with Crippen molar-refractivity contribution in [2.24, 2.45) is 23.3 Å². The number of Topliss-reactive ketones (excluding diaryl/α,β-unsaturated/α-hetero) is 1. The molecule has 8 N–H and O–H groups in total. The summed E-state index contributed by atoms with van der Waals surface area (Å²) in [6, 6.07) is 5.75. The Morgan fingerprint density at radius 3 is 2.13 bits per heavy atom. The molecule has 39 heavy (non-hydrogen) atoms. The van der Waals surface area contributed by atoms with Gasteiger partial charge in [-0.15, -0.1) is 0 Å². The average Bonchev–Trinajstić information content (AvgIpc) is 2.91. The fourth-order valence-electron chi connectivity index (χ4n) is 5.03. The van der Waals surface area contributed by atoms with Gasteiger partial charge in [-0.2, -0.15) is 0 Å². The van der Waals surface area contributed by atoms with Gasteiger partial charge in [0, 0.05) is 24.8 Å². The number of benzene rings is 1. The van der Waals surface area contributed by atoms with Crippen LogP contribution in [-0.4, -0.2) is 65.4 Å². The second kappa shape index (κ2) is 16.3. The molecule has 0 radical (unpaired) electrons. The molecule has 1 aromatic rings. The summed E-state index contributed by atoms with van der Waals surface area (Å²) in [7, 11) is 0. The summed E-state index contributed by atoms with van der Waals surface area (Å²) in [5.41, 5.74) is 12.8. The fourth-order valence-corrected chi connectivity index (χ4v) is 5.03. The molecule has 0 aromatic heterocycles. The summed E-state index contributed by atoms with van der Waals surface area (Å²) < 4.78 is 0. The summed E-state index contributed by atoms with van der Waals surface area (Å²) in [6.07, 6.45) is 4.66. The third kappa shape index (κ3) is 10.7. The quantitative estimate of drug-likeness (QED) is 0.190. The Labute approximate surface area is 232 Å². The number of aliphatic hydroxyl groups is 1. The van der Waals surface area contributed by atoms with E-state index in [1.54, 1.807) is 13.8 Å². The Morgan fingerprint density at radius 1 is 0.923 bits per heavy atom. The monoisotopic (exact) mass is 545 g/mol. The number of aliphatic hydroxyl groups excluding tert-OH is 1. The van der Waals surface area contributed by atoms with Gasteiger partial charge < -0.3 is 32.5 Å². The largest absolute Gasteiger partial charge is 0.391 e. The van der Waals surface area contributed by atoms with E-state index in [9.17, 15) is 24.3 Å². The normalized spacial score (nSPS) is 17.9. The fraction of sp³-hybridized carbons (Fsp3) is 0.655. The molecule has 3 amide bonds.